The summed E-state index contributed by atoms with van der Waals surface area (Å²) in [6, 6.07) is 7.12. The van der Waals surface area contributed by atoms with Crippen molar-refractivity contribution in [2.45, 2.75) is 39.2 Å². The number of rotatable bonds is 2. The van der Waals surface area contributed by atoms with Gasteiger partial charge in [-0.05, 0) is 35.6 Å². The summed E-state index contributed by atoms with van der Waals surface area (Å²) in [5.41, 5.74) is 4.20. The Labute approximate surface area is 98.0 Å². The van der Waals surface area contributed by atoms with Crippen molar-refractivity contribution < 1.29 is 4.74 Å². The van der Waals surface area contributed by atoms with Gasteiger partial charge in [0.05, 0.1) is 19.3 Å². The Morgan fingerprint density at radius 3 is 2.44 bits per heavy atom. The number of anilines is 1. The second-order valence-electron chi connectivity index (χ2n) is 5.66. The van der Waals surface area contributed by atoms with Crippen molar-refractivity contribution in [2.24, 2.45) is 0 Å². The lowest BCUT2D eigenvalue weighted by Crippen LogP contribution is -2.40. The molecule has 0 amide bonds. The lowest BCUT2D eigenvalue weighted by Gasteiger charge is -2.29. The Balaban J connectivity index is 2.20. The fourth-order valence-electron chi connectivity index (χ4n) is 2.07. The highest BCUT2D eigenvalue weighted by molar-refractivity contribution is 5.51. The molecule has 1 aromatic carbocycles. The molecule has 1 aliphatic rings. The monoisotopic (exact) mass is 219 g/mol. The minimum atomic E-state index is 0.206. The van der Waals surface area contributed by atoms with Crippen molar-refractivity contribution in [1.82, 2.24) is 0 Å². The van der Waals surface area contributed by atoms with Crippen molar-refractivity contribution >= 4 is 5.69 Å². The molecule has 88 valence electrons. The zero-order valence-electron chi connectivity index (χ0n) is 10.6. The first kappa shape index (κ1) is 11.5. The number of hydrogen-bond donors (Lipinski definition) is 1. The average Bonchev–Trinajstić information content (AvgIpc) is 2.12. The molecule has 0 spiro atoms. The summed E-state index contributed by atoms with van der Waals surface area (Å²) in [4.78, 5) is 0. The van der Waals surface area contributed by atoms with Crippen LogP contribution in [0.15, 0.2) is 18.2 Å². The van der Waals surface area contributed by atoms with Crippen LogP contribution in [-0.4, -0.2) is 19.3 Å². The van der Waals surface area contributed by atoms with Gasteiger partial charge in [-0.3, -0.25) is 0 Å². The van der Waals surface area contributed by atoms with Crippen LogP contribution in [0.2, 0.25) is 0 Å². The third-order valence-corrected chi connectivity index (χ3v) is 3.05. The van der Waals surface area contributed by atoms with Crippen molar-refractivity contribution in [1.29, 1.82) is 0 Å². The van der Waals surface area contributed by atoms with E-state index in [0.717, 1.165) is 13.2 Å². The van der Waals surface area contributed by atoms with Crippen LogP contribution < -0.4 is 5.32 Å². The Bertz CT molecular complexity index is 375. The molecule has 0 atom stereocenters. The van der Waals surface area contributed by atoms with E-state index in [1.807, 2.05) is 0 Å². The summed E-state index contributed by atoms with van der Waals surface area (Å²) in [6.45, 7) is 10.6. The summed E-state index contributed by atoms with van der Waals surface area (Å²) >= 11 is 0. The molecular weight excluding hydrogens is 198 g/mol. The summed E-state index contributed by atoms with van der Waals surface area (Å²) in [5, 5.41) is 3.49. The minimum absolute atomic E-state index is 0.206. The molecule has 0 saturated carbocycles. The van der Waals surface area contributed by atoms with Gasteiger partial charge in [-0.25, -0.2) is 0 Å². The van der Waals surface area contributed by atoms with Crippen LogP contribution in [0.5, 0.6) is 0 Å². The molecule has 0 aliphatic carbocycles. The second kappa shape index (κ2) is 4.10. The van der Waals surface area contributed by atoms with E-state index in [0.29, 0.717) is 6.04 Å². The lowest BCUT2D eigenvalue weighted by atomic mass is 9.84. The zero-order valence-corrected chi connectivity index (χ0v) is 10.6. The molecule has 0 radical (unpaired) electrons. The van der Waals surface area contributed by atoms with Crippen molar-refractivity contribution in [2.75, 3.05) is 18.5 Å². The van der Waals surface area contributed by atoms with E-state index in [-0.39, 0.29) is 5.41 Å². The molecular formula is C14H21NO. The molecule has 2 rings (SSSR count). The summed E-state index contributed by atoms with van der Waals surface area (Å²) in [6.07, 6.45) is 0. The predicted octanol–water partition coefficient (Wildman–Crippen LogP) is 3.10. The van der Waals surface area contributed by atoms with Gasteiger partial charge in [-0.2, -0.15) is 0 Å². The van der Waals surface area contributed by atoms with E-state index < -0.39 is 0 Å². The standard InChI is InChI=1S/C14H21NO/c1-10-5-6-11(15-12-8-16-9-12)7-13(10)14(2,3)4/h5-7,12,15H,8-9H2,1-4H3. The zero-order chi connectivity index (χ0) is 11.8. The molecule has 2 nitrogen and oxygen atoms in total. The molecule has 0 aromatic heterocycles. The predicted molar refractivity (Wildman–Crippen MR) is 68.1 cm³/mol. The molecule has 2 heteroatoms. The van der Waals surface area contributed by atoms with Gasteiger partial charge >= 0.3 is 0 Å². The van der Waals surface area contributed by atoms with Crippen molar-refractivity contribution in [3.05, 3.63) is 29.3 Å². The van der Waals surface area contributed by atoms with Gasteiger partial charge in [0.1, 0.15) is 0 Å². The van der Waals surface area contributed by atoms with Gasteiger partial charge in [0.25, 0.3) is 0 Å². The van der Waals surface area contributed by atoms with Gasteiger partial charge in [0, 0.05) is 5.69 Å². The van der Waals surface area contributed by atoms with Crippen LogP contribution in [-0.2, 0) is 10.2 Å². The van der Waals surface area contributed by atoms with Crippen LogP contribution in [0.25, 0.3) is 0 Å². The first-order chi connectivity index (χ1) is 7.47. The van der Waals surface area contributed by atoms with Gasteiger partial charge < -0.3 is 10.1 Å². The maximum absolute atomic E-state index is 5.17. The maximum atomic E-state index is 5.17. The smallest absolute Gasteiger partial charge is 0.0728 e. The maximum Gasteiger partial charge on any atom is 0.0728 e. The minimum Gasteiger partial charge on any atom is -0.378 e. The molecule has 1 N–H and O–H groups in total. The quantitative estimate of drug-likeness (QED) is 0.825. The average molecular weight is 219 g/mol. The molecule has 0 unspecified atom stereocenters. The first-order valence-corrected chi connectivity index (χ1v) is 5.92. The second-order valence-corrected chi connectivity index (χ2v) is 5.66. The third kappa shape index (κ3) is 2.38. The van der Waals surface area contributed by atoms with Gasteiger partial charge in [0.15, 0.2) is 0 Å². The largest absolute Gasteiger partial charge is 0.378 e. The fraction of sp³-hybridized carbons (Fsp3) is 0.571. The first-order valence-electron chi connectivity index (χ1n) is 5.92. The van der Waals surface area contributed by atoms with Crippen LogP contribution in [0, 0.1) is 6.92 Å². The number of benzene rings is 1. The highest BCUT2D eigenvalue weighted by atomic mass is 16.5. The molecule has 16 heavy (non-hydrogen) atoms. The molecule has 1 saturated heterocycles. The number of ether oxygens (including phenoxy) is 1. The van der Waals surface area contributed by atoms with Crippen molar-refractivity contribution in [3.63, 3.8) is 0 Å². The van der Waals surface area contributed by atoms with Crippen molar-refractivity contribution in [3.8, 4) is 0 Å². The summed E-state index contributed by atoms with van der Waals surface area (Å²) in [5.74, 6) is 0. The molecule has 1 heterocycles. The van der Waals surface area contributed by atoms with Crippen LogP contribution >= 0.6 is 0 Å². The Morgan fingerprint density at radius 2 is 1.94 bits per heavy atom. The normalized spacial score (nSPS) is 17.0. The lowest BCUT2D eigenvalue weighted by molar-refractivity contribution is 0.0211. The highest BCUT2D eigenvalue weighted by Crippen LogP contribution is 2.28. The SMILES string of the molecule is Cc1ccc(NC2COC2)cc1C(C)(C)C. The Morgan fingerprint density at radius 1 is 1.25 bits per heavy atom. The van der Waals surface area contributed by atoms with Crippen LogP contribution in [0.1, 0.15) is 31.9 Å². The molecule has 1 fully saturated rings. The van der Waals surface area contributed by atoms with Gasteiger partial charge in [-0.1, -0.05) is 26.8 Å². The van der Waals surface area contributed by atoms with Crippen LogP contribution in [0.4, 0.5) is 5.69 Å². The van der Waals surface area contributed by atoms with E-state index in [4.69, 9.17) is 4.74 Å². The fourth-order valence-corrected chi connectivity index (χ4v) is 2.07. The van der Waals surface area contributed by atoms with Gasteiger partial charge in [-0.15, -0.1) is 0 Å². The highest BCUT2D eigenvalue weighted by Gasteiger charge is 2.20. The molecule has 0 bridgehead atoms. The Kier molecular flexibility index (Phi) is 2.94. The van der Waals surface area contributed by atoms with E-state index >= 15 is 0 Å². The molecule has 1 aliphatic heterocycles. The van der Waals surface area contributed by atoms with E-state index in [2.05, 4.69) is 51.2 Å². The van der Waals surface area contributed by atoms with E-state index in [9.17, 15) is 0 Å². The van der Waals surface area contributed by atoms with Gasteiger partial charge in [0.2, 0.25) is 0 Å². The summed E-state index contributed by atoms with van der Waals surface area (Å²) in [7, 11) is 0. The number of aryl methyl sites for hydroxylation is 1. The number of hydrogen-bond acceptors (Lipinski definition) is 2. The van der Waals surface area contributed by atoms with E-state index in [1.165, 1.54) is 16.8 Å². The Hall–Kier alpha value is -1.02. The summed E-state index contributed by atoms with van der Waals surface area (Å²) < 4.78 is 5.17. The third-order valence-electron chi connectivity index (χ3n) is 3.05. The van der Waals surface area contributed by atoms with Crippen LogP contribution in [0.3, 0.4) is 0 Å². The van der Waals surface area contributed by atoms with E-state index in [1.54, 1.807) is 0 Å². The molecule has 1 aromatic rings. The topological polar surface area (TPSA) is 21.3 Å². The number of nitrogens with one attached hydrogen (secondary N) is 1.